The van der Waals surface area contributed by atoms with Crippen LogP contribution in [0, 0.1) is 5.92 Å². The molecule has 2 fully saturated rings. The molecule has 1 aromatic carbocycles. The fourth-order valence-corrected chi connectivity index (χ4v) is 4.73. The molecule has 2 heterocycles. The number of ether oxygens (including phenoxy) is 1. The van der Waals surface area contributed by atoms with Crippen molar-refractivity contribution in [2.24, 2.45) is 5.92 Å². The van der Waals surface area contributed by atoms with E-state index in [0.717, 1.165) is 56.9 Å². The van der Waals surface area contributed by atoms with Crippen LogP contribution in [0.5, 0.6) is 0 Å². The molecule has 1 aromatic rings. The van der Waals surface area contributed by atoms with Gasteiger partial charge in [0.25, 0.3) is 0 Å². The summed E-state index contributed by atoms with van der Waals surface area (Å²) >= 11 is 0. The minimum atomic E-state index is -4.32. The van der Waals surface area contributed by atoms with Gasteiger partial charge < -0.3 is 15.0 Å². The van der Waals surface area contributed by atoms with Crippen LogP contribution in [-0.4, -0.2) is 42.6 Å². The zero-order valence-electron chi connectivity index (χ0n) is 22.6. The lowest BCUT2D eigenvalue weighted by atomic mass is 9.95. The van der Waals surface area contributed by atoms with Crippen molar-refractivity contribution in [3.8, 4) is 0 Å². The molecule has 1 N–H and O–H groups in total. The number of alkyl halides is 3. The zero-order valence-corrected chi connectivity index (χ0v) is 22.6. The maximum absolute atomic E-state index is 13.0. The summed E-state index contributed by atoms with van der Waals surface area (Å²) in [4.78, 5) is 14.8. The van der Waals surface area contributed by atoms with Gasteiger partial charge in [-0.3, -0.25) is 4.79 Å². The Bertz CT molecular complexity index is 733. The summed E-state index contributed by atoms with van der Waals surface area (Å²) in [7, 11) is 0. The first-order chi connectivity index (χ1) is 16.8. The zero-order chi connectivity index (χ0) is 26.4. The van der Waals surface area contributed by atoms with Gasteiger partial charge in [0.2, 0.25) is 5.91 Å². The van der Waals surface area contributed by atoms with Crippen molar-refractivity contribution < 1.29 is 22.7 Å². The van der Waals surface area contributed by atoms with Crippen LogP contribution >= 0.6 is 0 Å². The summed E-state index contributed by atoms with van der Waals surface area (Å²) in [5.74, 6) is 0.176. The van der Waals surface area contributed by atoms with E-state index >= 15 is 0 Å². The molecule has 0 spiro atoms. The number of halogens is 3. The molecule has 202 valence electrons. The monoisotopic (exact) mass is 500 g/mol. The molecule has 3 aliphatic rings. The second-order valence-electron chi connectivity index (χ2n) is 8.96. The third-order valence-corrected chi connectivity index (χ3v) is 6.33. The summed E-state index contributed by atoms with van der Waals surface area (Å²) in [6.07, 6.45) is 2.21. The van der Waals surface area contributed by atoms with Crippen molar-refractivity contribution in [1.82, 2.24) is 10.2 Å². The molecule has 4 rings (SSSR count). The average molecular weight is 501 g/mol. The minimum absolute atomic E-state index is 0.0216. The minimum Gasteiger partial charge on any atom is -0.381 e. The van der Waals surface area contributed by atoms with Crippen LogP contribution < -0.4 is 5.32 Å². The van der Waals surface area contributed by atoms with Crippen LogP contribution in [0.15, 0.2) is 18.2 Å². The van der Waals surface area contributed by atoms with Gasteiger partial charge in [-0.1, -0.05) is 54.0 Å². The quantitative estimate of drug-likeness (QED) is 0.486. The Morgan fingerprint density at radius 3 is 2.23 bits per heavy atom. The van der Waals surface area contributed by atoms with Crippen molar-refractivity contribution in [2.75, 3.05) is 19.8 Å². The number of fused-ring (bicyclic) bond motifs is 1. The molecule has 4 nitrogen and oxygen atoms in total. The predicted molar refractivity (Wildman–Crippen MR) is 137 cm³/mol. The molecule has 7 heteroatoms. The molecular weight excluding hydrogens is 453 g/mol. The molecular formula is C28H47F3N2O2. The van der Waals surface area contributed by atoms with E-state index in [1.807, 2.05) is 32.6 Å². The van der Waals surface area contributed by atoms with Gasteiger partial charge >= 0.3 is 6.18 Å². The molecule has 0 radical (unpaired) electrons. The van der Waals surface area contributed by atoms with Gasteiger partial charge in [0.1, 0.15) is 0 Å². The first-order valence-electron chi connectivity index (χ1n) is 13.6. The number of benzene rings is 1. The van der Waals surface area contributed by atoms with Gasteiger partial charge in [-0.25, -0.2) is 0 Å². The van der Waals surface area contributed by atoms with E-state index in [0.29, 0.717) is 37.2 Å². The third kappa shape index (κ3) is 9.76. The summed E-state index contributed by atoms with van der Waals surface area (Å²) in [5.41, 5.74) is 0.940. The summed E-state index contributed by atoms with van der Waals surface area (Å²) in [6, 6.07) is 4.75. The fourth-order valence-electron chi connectivity index (χ4n) is 4.73. The van der Waals surface area contributed by atoms with E-state index in [9.17, 15) is 18.0 Å². The van der Waals surface area contributed by atoms with Gasteiger partial charge in [0.15, 0.2) is 0 Å². The van der Waals surface area contributed by atoms with Gasteiger partial charge in [-0.05, 0) is 61.8 Å². The van der Waals surface area contributed by atoms with Crippen LogP contribution in [0.25, 0.3) is 0 Å². The molecule has 1 saturated carbocycles. The van der Waals surface area contributed by atoms with Crippen molar-refractivity contribution >= 4 is 5.91 Å². The number of carbonyl (C=O) groups is 1. The maximum Gasteiger partial charge on any atom is 0.416 e. The second-order valence-corrected chi connectivity index (χ2v) is 8.96. The number of carbonyl (C=O) groups excluding carboxylic acids is 1. The molecule has 0 aromatic heterocycles. The summed E-state index contributed by atoms with van der Waals surface area (Å²) in [6.45, 7) is 14.8. The van der Waals surface area contributed by atoms with E-state index in [2.05, 4.69) is 19.2 Å². The topological polar surface area (TPSA) is 41.6 Å². The number of hydrogen-bond donors (Lipinski definition) is 1. The number of nitrogens with one attached hydrogen (secondary N) is 1. The second kappa shape index (κ2) is 16.2. The van der Waals surface area contributed by atoms with Crippen molar-refractivity contribution in [3.63, 3.8) is 0 Å². The number of nitrogens with zero attached hydrogens (tertiary/aromatic N) is 1. The molecule has 0 bridgehead atoms. The van der Waals surface area contributed by atoms with E-state index < -0.39 is 11.7 Å². The average Bonchev–Trinajstić information content (AvgIpc) is 3.34. The van der Waals surface area contributed by atoms with Crippen LogP contribution in [-0.2, 0) is 28.7 Å². The summed E-state index contributed by atoms with van der Waals surface area (Å²) in [5, 5.41) is 3.68. The van der Waals surface area contributed by atoms with E-state index in [-0.39, 0.29) is 11.8 Å². The van der Waals surface area contributed by atoms with Crippen molar-refractivity contribution in [2.45, 2.75) is 111 Å². The lowest BCUT2D eigenvalue weighted by molar-refractivity contribution is -0.138. The smallest absolute Gasteiger partial charge is 0.381 e. The lowest BCUT2D eigenvalue weighted by Gasteiger charge is -2.31. The maximum atomic E-state index is 13.0. The Morgan fingerprint density at radius 1 is 1.00 bits per heavy atom. The van der Waals surface area contributed by atoms with E-state index in [4.69, 9.17) is 4.74 Å². The van der Waals surface area contributed by atoms with Gasteiger partial charge in [-0.15, -0.1) is 0 Å². The SMILES string of the molecule is CC.CC.CCC.O=C([C@H]1CC[C@@H](NC2CCOCC2)C1)N1CCc2cc(C(F)(F)F)ccc2C1. The number of hydrogen-bond acceptors (Lipinski definition) is 3. The number of amides is 1. The van der Waals surface area contributed by atoms with Crippen molar-refractivity contribution in [1.29, 1.82) is 0 Å². The first kappa shape index (κ1) is 31.4. The first-order valence-corrected chi connectivity index (χ1v) is 13.6. The van der Waals surface area contributed by atoms with E-state index in [1.54, 1.807) is 0 Å². The highest BCUT2D eigenvalue weighted by Crippen LogP contribution is 2.34. The highest BCUT2D eigenvalue weighted by molar-refractivity contribution is 5.79. The molecule has 0 unspecified atom stereocenters. The molecule has 2 atom stereocenters. The van der Waals surface area contributed by atoms with Gasteiger partial charge in [0, 0.05) is 44.3 Å². The summed E-state index contributed by atoms with van der Waals surface area (Å²) < 4.78 is 44.1. The van der Waals surface area contributed by atoms with Crippen LogP contribution in [0.3, 0.4) is 0 Å². The normalized spacial score (nSPS) is 21.9. The molecule has 1 saturated heterocycles. The van der Waals surface area contributed by atoms with Crippen LogP contribution in [0.4, 0.5) is 13.2 Å². The van der Waals surface area contributed by atoms with E-state index in [1.165, 1.54) is 18.6 Å². The largest absolute Gasteiger partial charge is 0.416 e. The highest BCUT2D eigenvalue weighted by Gasteiger charge is 2.36. The van der Waals surface area contributed by atoms with Crippen LogP contribution in [0.1, 0.15) is 96.8 Å². The standard InChI is InChI=1S/C21H27F3N2O2.C3H8.2C2H6/c22-21(23,24)17-3-1-16-13-26(8-5-14(16)11-17)20(27)15-2-4-19(12-15)25-18-6-9-28-10-7-18;1-3-2;2*1-2/h1,3,11,15,18-19,25H,2,4-10,12-13H2;3H2,1-2H3;2*1-2H3/t15-,19+;;;/m0.../s1. The Hall–Kier alpha value is -1.60. The number of rotatable bonds is 3. The molecule has 1 aliphatic carbocycles. The van der Waals surface area contributed by atoms with Gasteiger partial charge in [0.05, 0.1) is 5.56 Å². The molecule has 1 amide bonds. The Kier molecular flexibility index (Phi) is 14.6. The van der Waals surface area contributed by atoms with Crippen LogP contribution in [0.2, 0.25) is 0 Å². The Labute approximate surface area is 211 Å². The fraction of sp³-hybridized carbons (Fsp3) is 0.750. The lowest BCUT2D eigenvalue weighted by Crippen LogP contribution is -2.42. The Morgan fingerprint density at radius 2 is 1.63 bits per heavy atom. The predicted octanol–water partition coefficient (Wildman–Crippen LogP) is 7.00. The third-order valence-electron chi connectivity index (χ3n) is 6.33. The molecule has 2 aliphatic heterocycles. The van der Waals surface area contributed by atoms with Crippen molar-refractivity contribution in [3.05, 3.63) is 34.9 Å². The molecule has 35 heavy (non-hydrogen) atoms. The van der Waals surface area contributed by atoms with Gasteiger partial charge in [-0.2, -0.15) is 13.2 Å². The highest BCUT2D eigenvalue weighted by atomic mass is 19.4. The Balaban J connectivity index is 0.000000797.